The van der Waals surface area contributed by atoms with Gasteiger partial charge in [-0.15, -0.1) is 0 Å². The Kier molecular flexibility index (Phi) is 19.1. The monoisotopic (exact) mass is 1120 g/mol. The van der Waals surface area contributed by atoms with Gasteiger partial charge in [0.1, 0.15) is 24.2 Å². The SMILES string of the molecule is CCN[C@@H](C)C(=O)N[C@H](C(=O)N1Cc2cc(NC(=O)c3ccc(C(=O)NC4CC(C(=O)NC5CCCc6ccccc65)N(C(=O)[C@@H](NC(=O)[C@H](C)NC)C(C)(C)C)C4)cc3)ccc2CC1C(=O)N[C@@H]1CCCc2ccccc21)C(C)(C)C. The molecule has 82 heavy (non-hydrogen) atoms. The zero-order valence-corrected chi connectivity index (χ0v) is 49.3. The lowest BCUT2D eigenvalue weighted by Crippen LogP contribution is -2.62. The molecular weight excluding hydrogens is 1040 g/mol. The fourth-order valence-corrected chi connectivity index (χ4v) is 11.8. The molecule has 0 saturated carbocycles. The maximum atomic E-state index is 15.0. The summed E-state index contributed by atoms with van der Waals surface area (Å²) in [6.07, 6.45) is 5.50. The fraction of sp³-hybridized carbons (Fsp3) is 0.500. The van der Waals surface area contributed by atoms with Crippen LogP contribution >= 0.6 is 0 Å². The molecule has 18 nitrogen and oxygen atoms in total. The van der Waals surface area contributed by atoms with Gasteiger partial charge in [-0.1, -0.05) is 103 Å². The maximum Gasteiger partial charge on any atom is 0.255 e. The number of amides is 8. The van der Waals surface area contributed by atoms with Crippen molar-refractivity contribution in [3.05, 3.63) is 136 Å². The molecule has 9 atom stereocenters. The van der Waals surface area contributed by atoms with Gasteiger partial charge in [-0.05, 0) is 153 Å². The van der Waals surface area contributed by atoms with Gasteiger partial charge in [-0.3, -0.25) is 38.4 Å². The Morgan fingerprint density at radius 1 is 0.585 bits per heavy atom. The topological polar surface area (TPSA) is 239 Å². The summed E-state index contributed by atoms with van der Waals surface area (Å²) in [5.74, 6) is -3.04. The molecule has 438 valence electrons. The summed E-state index contributed by atoms with van der Waals surface area (Å²) in [5, 5.41) is 24.5. The number of nitrogens with one attached hydrogen (secondary N) is 8. The third kappa shape index (κ3) is 14.1. The van der Waals surface area contributed by atoms with Gasteiger partial charge < -0.3 is 52.3 Å². The second kappa shape index (κ2) is 25.8. The molecule has 0 radical (unpaired) electrons. The molecule has 8 N–H and O–H groups in total. The summed E-state index contributed by atoms with van der Waals surface area (Å²) in [6.45, 7) is 17.2. The number of likely N-dealkylation sites (N-methyl/N-ethyl adjacent to an activating group) is 2. The predicted octanol–water partition coefficient (Wildman–Crippen LogP) is 5.95. The average molecular weight is 1120 g/mol. The Morgan fingerprint density at radius 3 is 1.63 bits per heavy atom. The Hall–Kier alpha value is -7.44. The molecule has 8 amide bonds. The molecule has 2 aliphatic heterocycles. The van der Waals surface area contributed by atoms with E-state index in [0.29, 0.717) is 12.2 Å². The molecule has 1 fully saturated rings. The highest BCUT2D eigenvalue weighted by molar-refractivity contribution is 6.05. The van der Waals surface area contributed by atoms with Gasteiger partial charge in [0.05, 0.1) is 24.2 Å². The van der Waals surface area contributed by atoms with E-state index < -0.39 is 76.8 Å². The highest BCUT2D eigenvalue weighted by atomic mass is 16.2. The molecule has 0 bridgehead atoms. The van der Waals surface area contributed by atoms with Crippen molar-refractivity contribution < 1.29 is 38.4 Å². The van der Waals surface area contributed by atoms with Crippen molar-refractivity contribution in [1.82, 2.24) is 47.0 Å². The quantitative estimate of drug-likeness (QED) is 0.0619. The third-order valence-electron chi connectivity index (χ3n) is 16.7. The molecule has 4 unspecified atom stereocenters. The van der Waals surface area contributed by atoms with E-state index in [2.05, 4.69) is 54.7 Å². The first kappa shape index (κ1) is 60.7. The van der Waals surface area contributed by atoms with Crippen LogP contribution in [0.15, 0.2) is 91.0 Å². The van der Waals surface area contributed by atoms with Crippen molar-refractivity contribution >= 4 is 52.9 Å². The maximum absolute atomic E-state index is 15.0. The van der Waals surface area contributed by atoms with E-state index in [-0.39, 0.29) is 72.8 Å². The van der Waals surface area contributed by atoms with Crippen LogP contribution < -0.4 is 42.5 Å². The number of carbonyl (C=O) groups is 8. The Labute approximate surface area is 482 Å². The standard InChI is InChI=1S/C64H84N10O8/c1-11-66-38(3)56(76)72-53(63(4,5)6)61(81)73-35-44-32-45(31-30-43(44)33-51(73)59(79)69-49-24-16-20-39-18-12-14-22-47(39)49)67-57(77)41-26-28-42(29-27-41)58(78)68-46-34-52(60(80)70-50-25-17-21-40-19-13-15-23-48(40)50)74(36-46)62(82)54(64(7,8)9)71-55(75)37(2)65-10/h12-15,18-19,22-23,26-32,37-38,46,49-54,65-66H,11,16-17,20-21,24-25,33-36H2,1-10H3,(H,67,77)(H,68,78)(H,69,79)(H,70,80)(H,71,75)(H,72,76)/t37-,38-,46?,49+,50?,51?,52?,53+,54+/m0/s1. The molecule has 18 heteroatoms. The van der Waals surface area contributed by atoms with Crippen molar-refractivity contribution in [1.29, 1.82) is 0 Å². The molecule has 2 heterocycles. The first-order valence-electron chi connectivity index (χ1n) is 29.2. The number of benzene rings is 4. The van der Waals surface area contributed by atoms with E-state index in [9.17, 15) is 38.4 Å². The third-order valence-corrected chi connectivity index (χ3v) is 16.7. The van der Waals surface area contributed by atoms with E-state index >= 15 is 0 Å². The van der Waals surface area contributed by atoms with Crippen molar-refractivity contribution in [3.8, 4) is 0 Å². The van der Waals surface area contributed by atoms with E-state index in [1.165, 1.54) is 28.2 Å². The smallest absolute Gasteiger partial charge is 0.255 e. The molecule has 2 aliphatic carbocycles. The van der Waals surface area contributed by atoms with Gasteiger partial charge in [-0.2, -0.15) is 0 Å². The van der Waals surface area contributed by atoms with Crippen LogP contribution in [-0.2, 0) is 54.6 Å². The number of fused-ring (bicyclic) bond motifs is 3. The lowest BCUT2D eigenvalue weighted by molar-refractivity contribution is -0.147. The van der Waals surface area contributed by atoms with Crippen LogP contribution in [0.1, 0.15) is 161 Å². The van der Waals surface area contributed by atoms with Crippen LogP contribution in [0.2, 0.25) is 0 Å². The van der Waals surface area contributed by atoms with Gasteiger partial charge in [0, 0.05) is 42.4 Å². The average Bonchev–Trinajstić information content (AvgIpc) is 4.00. The van der Waals surface area contributed by atoms with Crippen LogP contribution in [0, 0.1) is 10.8 Å². The summed E-state index contributed by atoms with van der Waals surface area (Å²) in [7, 11) is 1.66. The number of hydrogen-bond donors (Lipinski definition) is 8. The number of anilines is 1. The van der Waals surface area contributed by atoms with Crippen molar-refractivity contribution in [2.75, 3.05) is 25.5 Å². The Bertz CT molecular complexity index is 3040. The first-order chi connectivity index (χ1) is 38.9. The van der Waals surface area contributed by atoms with Crippen LogP contribution in [0.25, 0.3) is 0 Å². The lowest BCUT2D eigenvalue weighted by atomic mass is 9.83. The number of likely N-dealkylation sites (tertiary alicyclic amines) is 1. The van der Waals surface area contributed by atoms with E-state index in [0.717, 1.165) is 60.8 Å². The van der Waals surface area contributed by atoms with Gasteiger partial charge in [0.2, 0.25) is 35.4 Å². The molecule has 1 saturated heterocycles. The van der Waals surface area contributed by atoms with Crippen molar-refractivity contribution in [2.45, 2.75) is 175 Å². The summed E-state index contributed by atoms with van der Waals surface area (Å²) in [4.78, 5) is 116. The van der Waals surface area contributed by atoms with Gasteiger partial charge >= 0.3 is 0 Å². The minimum Gasteiger partial charge on any atom is -0.347 e. The fourth-order valence-electron chi connectivity index (χ4n) is 11.8. The van der Waals surface area contributed by atoms with Crippen molar-refractivity contribution in [2.24, 2.45) is 10.8 Å². The van der Waals surface area contributed by atoms with Gasteiger partial charge in [0.15, 0.2) is 0 Å². The molecule has 4 aromatic rings. The van der Waals surface area contributed by atoms with Crippen LogP contribution in [-0.4, -0.2) is 119 Å². The normalized spacial score (nSPS) is 21.0. The minimum absolute atomic E-state index is 0.0221. The summed E-state index contributed by atoms with van der Waals surface area (Å²) in [6, 6.07) is 21.7. The molecule has 0 aromatic heterocycles. The number of hydrogen-bond acceptors (Lipinski definition) is 10. The number of aryl methyl sites for hydroxylation is 2. The van der Waals surface area contributed by atoms with E-state index in [1.807, 2.05) is 90.9 Å². The molecule has 0 spiro atoms. The van der Waals surface area contributed by atoms with Crippen LogP contribution in [0.4, 0.5) is 5.69 Å². The van der Waals surface area contributed by atoms with Crippen LogP contribution in [0.3, 0.4) is 0 Å². The Balaban J connectivity index is 0.973. The second-order valence-electron chi connectivity index (χ2n) is 24.8. The minimum atomic E-state index is -0.977. The number of rotatable bonds is 17. The number of carbonyl (C=O) groups excluding carboxylic acids is 8. The largest absolute Gasteiger partial charge is 0.347 e. The first-order valence-corrected chi connectivity index (χ1v) is 29.2. The molecular formula is C64H84N10O8. The van der Waals surface area contributed by atoms with E-state index in [4.69, 9.17) is 0 Å². The van der Waals surface area contributed by atoms with Crippen molar-refractivity contribution in [3.63, 3.8) is 0 Å². The summed E-state index contributed by atoms with van der Waals surface area (Å²) < 4.78 is 0. The lowest BCUT2D eigenvalue weighted by Gasteiger charge is -2.42. The molecule has 8 rings (SSSR count). The predicted molar refractivity (Wildman–Crippen MR) is 315 cm³/mol. The summed E-state index contributed by atoms with van der Waals surface area (Å²) >= 11 is 0. The zero-order chi connectivity index (χ0) is 59.2. The van der Waals surface area contributed by atoms with Crippen LogP contribution in [0.5, 0.6) is 0 Å². The molecule has 4 aromatic carbocycles. The Morgan fingerprint density at radius 2 is 1.10 bits per heavy atom. The summed E-state index contributed by atoms with van der Waals surface area (Å²) in [5.41, 5.74) is 5.59. The van der Waals surface area contributed by atoms with E-state index in [1.54, 1.807) is 50.1 Å². The highest BCUT2D eigenvalue weighted by Gasteiger charge is 2.47. The molecule has 4 aliphatic rings. The zero-order valence-electron chi connectivity index (χ0n) is 49.3. The van der Waals surface area contributed by atoms with Gasteiger partial charge in [-0.25, -0.2) is 0 Å². The second-order valence-corrected chi connectivity index (χ2v) is 24.8. The number of nitrogens with zero attached hydrogens (tertiary/aromatic N) is 2. The highest BCUT2D eigenvalue weighted by Crippen LogP contribution is 2.35. The van der Waals surface area contributed by atoms with Gasteiger partial charge in [0.25, 0.3) is 11.8 Å².